The van der Waals surface area contributed by atoms with Gasteiger partial charge in [-0.2, -0.15) is 0 Å². The highest BCUT2D eigenvalue weighted by molar-refractivity contribution is 5.12. The largest absolute Gasteiger partial charge is 0.392 e. The molecule has 0 atom stereocenters. The second-order valence-corrected chi connectivity index (χ2v) is 2.25. The highest BCUT2D eigenvalue weighted by Gasteiger charge is 1.92. The molecule has 0 fully saturated rings. The Bertz CT molecular complexity index is 119. The third-order valence-corrected chi connectivity index (χ3v) is 1.29. The maximum atomic E-state index is 8.72. The molecule has 0 radical (unpaired) electrons. The molecule has 0 aromatic rings. The summed E-state index contributed by atoms with van der Waals surface area (Å²) < 4.78 is 0. The summed E-state index contributed by atoms with van der Waals surface area (Å²) in [7, 11) is 0. The van der Waals surface area contributed by atoms with Gasteiger partial charge in [0, 0.05) is 0 Å². The number of allylic oxidation sites excluding steroid dienone is 2. The Hall–Kier alpha value is -0.560. The molecular weight excluding hydrogens is 112 g/mol. The summed E-state index contributed by atoms with van der Waals surface area (Å²) in [5, 5.41) is 8.72. The minimum Gasteiger partial charge on any atom is -0.392 e. The summed E-state index contributed by atoms with van der Waals surface area (Å²) in [6.07, 6.45) is 2.61. The second-order valence-electron chi connectivity index (χ2n) is 2.25. The lowest BCUT2D eigenvalue weighted by Crippen LogP contribution is -1.90. The number of rotatable bonds is 3. The van der Waals surface area contributed by atoms with Crippen LogP contribution in [-0.2, 0) is 0 Å². The molecule has 0 aliphatic heterocycles. The van der Waals surface area contributed by atoms with Crippen LogP contribution in [0, 0.1) is 0 Å². The van der Waals surface area contributed by atoms with Crippen LogP contribution in [0.1, 0.15) is 20.3 Å². The molecule has 0 heterocycles. The van der Waals surface area contributed by atoms with Gasteiger partial charge < -0.3 is 5.11 Å². The third kappa shape index (κ3) is 3.09. The fourth-order valence-electron chi connectivity index (χ4n) is 0.601. The van der Waals surface area contributed by atoms with Crippen molar-refractivity contribution in [1.29, 1.82) is 0 Å². The standard InChI is InChI=1S/C8H14O/c1-4-5-8(6-9)7(2)3/h4,9H,1,5-6H2,2-3H3. The van der Waals surface area contributed by atoms with Gasteiger partial charge in [0.15, 0.2) is 0 Å². The van der Waals surface area contributed by atoms with E-state index in [0.29, 0.717) is 0 Å². The maximum absolute atomic E-state index is 8.72. The van der Waals surface area contributed by atoms with Crippen molar-refractivity contribution in [3.8, 4) is 0 Å². The molecule has 0 rings (SSSR count). The van der Waals surface area contributed by atoms with E-state index in [1.807, 2.05) is 13.8 Å². The van der Waals surface area contributed by atoms with Crippen LogP contribution in [-0.4, -0.2) is 11.7 Å². The zero-order chi connectivity index (χ0) is 7.28. The number of hydrogen-bond donors (Lipinski definition) is 1. The van der Waals surface area contributed by atoms with E-state index in [2.05, 4.69) is 6.58 Å². The zero-order valence-electron chi connectivity index (χ0n) is 6.15. The summed E-state index contributed by atoms with van der Waals surface area (Å²) in [5.74, 6) is 0. The molecule has 0 aliphatic rings. The SMILES string of the molecule is C=CCC(CO)=C(C)C. The Balaban J connectivity index is 3.97. The molecule has 1 heteroatoms. The lowest BCUT2D eigenvalue weighted by Gasteiger charge is -2.00. The van der Waals surface area contributed by atoms with Crippen LogP contribution in [0.15, 0.2) is 23.8 Å². The summed E-state index contributed by atoms with van der Waals surface area (Å²) in [6.45, 7) is 7.74. The van der Waals surface area contributed by atoms with E-state index in [-0.39, 0.29) is 6.61 Å². The summed E-state index contributed by atoms with van der Waals surface area (Å²) >= 11 is 0. The van der Waals surface area contributed by atoms with Gasteiger partial charge in [0.1, 0.15) is 0 Å². The quantitative estimate of drug-likeness (QED) is 0.572. The van der Waals surface area contributed by atoms with Crippen molar-refractivity contribution >= 4 is 0 Å². The maximum Gasteiger partial charge on any atom is 0.0647 e. The molecule has 1 nitrogen and oxygen atoms in total. The van der Waals surface area contributed by atoms with Crippen LogP contribution < -0.4 is 0 Å². The van der Waals surface area contributed by atoms with Crippen LogP contribution >= 0.6 is 0 Å². The average Bonchev–Trinajstić information content (AvgIpc) is 1.82. The van der Waals surface area contributed by atoms with Crippen LogP contribution in [0.2, 0.25) is 0 Å². The number of aliphatic hydroxyl groups excluding tert-OH is 1. The van der Waals surface area contributed by atoms with Gasteiger partial charge in [-0.1, -0.05) is 11.6 Å². The molecular formula is C8H14O. The van der Waals surface area contributed by atoms with E-state index in [1.54, 1.807) is 6.08 Å². The van der Waals surface area contributed by atoms with Crippen molar-refractivity contribution in [3.63, 3.8) is 0 Å². The Morgan fingerprint density at radius 3 is 2.22 bits per heavy atom. The van der Waals surface area contributed by atoms with Gasteiger partial charge in [0.05, 0.1) is 6.61 Å². The molecule has 0 spiro atoms. The fourth-order valence-corrected chi connectivity index (χ4v) is 0.601. The molecule has 0 aromatic carbocycles. The first-order valence-corrected chi connectivity index (χ1v) is 3.09. The van der Waals surface area contributed by atoms with Crippen molar-refractivity contribution in [1.82, 2.24) is 0 Å². The number of aliphatic hydroxyl groups is 1. The van der Waals surface area contributed by atoms with Crippen molar-refractivity contribution < 1.29 is 5.11 Å². The Morgan fingerprint density at radius 1 is 1.56 bits per heavy atom. The molecule has 0 saturated heterocycles. The van der Waals surface area contributed by atoms with Gasteiger partial charge in [0.2, 0.25) is 0 Å². The Kier molecular flexibility index (Phi) is 4.06. The van der Waals surface area contributed by atoms with E-state index >= 15 is 0 Å². The van der Waals surface area contributed by atoms with E-state index in [9.17, 15) is 0 Å². The molecule has 1 N–H and O–H groups in total. The van der Waals surface area contributed by atoms with Gasteiger partial charge in [0.25, 0.3) is 0 Å². The van der Waals surface area contributed by atoms with Crippen LogP contribution in [0.3, 0.4) is 0 Å². The van der Waals surface area contributed by atoms with Gasteiger partial charge >= 0.3 is 0 Å². The average molecular weight is 126 g/mol. The first-order valence-electron chi connectivity index (χ1n) is 3.09. The summed E-state index contributed by atoms with van der Waals surface area (Å²) in [6, 6.07) is 0. The van der Waals surface area contributed by atoms with E-state index in [0.717, 1.165) is 12.0 Å². The molecule has 9 heavy (non-hydrogen) atoms. The van der Waals surface area contributed by atoms with Crippen molar-refractivity contribution in [2.45, 2.75) is 20.3 Å². The zero-order valence-corrected chi connectivity index (χ0v) is 6.15. The molecule has 0 amide bonds. The van der Waals surface area contributed by atoms with E-state index in [1.165, 1.54) is 5.57 Å². The van der Waals surface area contributed by atoms with Crippen LogP contribution in [0.25, 0.3) is 0 Å². The molecule has 52 valence electrons. The Labute approximate surface area is 56.7 Å². The van der Waals surface area contributed by atoms with Crippen molar-refractivity contribution in [2.75, 3.05) is 6.61 Å². The lowest BCUT2D eigenvalue weighted by atomic mass is 10.1. The third-order valence-electron chi connectivity index (χ3n) is 1.29. The molecule has 0 aromatic heterocycles. The molecule has 0 aliphatic carbocycles. The highest BCUT2D eigenvalue weighted by atomic mass is 16.3. The van der Waals surface area contributed by atoms with Gasteiger partial charge in [-0.3, -0.25) is 0 Å². The molecule has 0 saturated carbocycles. The lowest BCUT2D eigenvalue weighted by molar-refractivity contribution is 0.327. The smallest absolute Gasteiger partial charge is 0.0647 e. The number of hydrogen-bond acceptors (Lipinski definition) is 1. The Morgan fingerprint density at radius 2 is 2.11 bits per heavy atom. The first-order chi connectivity index (χ1) is 4.22. The van der Waals surface area contributed by atoms with Crippen molar-refractivity contribution in [3.05, 3.63) is 23.8 Å². The van der Waals surface area contributed by atoms with E-state index < -0.39 is 0 Å². The van der Waals surface area contributed by atoms with Crippen LogP contribution in [0.5, 0.6) is 0 Å². The highest BCUT2D eigenvalue weighted by Crippen LogP contribution is 2.06. The van der Waals surface area contributed by atoms with Gasteiger partial charge in [-0.15, -0.1) is 6.58 Å². The van der Waals surface area contributed by atoms with Crippen molar-refractivity contribution in [2.24, 2.45) is 0 Å². The fraction of sp³-hybridized carbons (Fsp3) is 0.500. The van der Waals surface area contributed by atoms with Gasteiger partial charge in [-0.25, -0.2) is 0 Å². The van der Waals surface area contributed by atoms with Crippen LogP contribution in [0.4, 0.5) is 0 Å². The topological polar surface area (TPSA) is 20.2 Å². The summed E-state index contributed by atoms with van der Waals surface area (Å²) in [5.41, 5.74) is 2.27. The minimum absolute atomic E-state index is 0.161. The molecule has 0 unspecified atom stereocenters. The molecule has 0 bridgehead atoms. The van der Waals surface area contributed by atoms with Gasteiger partial charge in [-0.05, 0) is 25.8 Å². The summed E-state index contributed by atoms with van der Waals surface area (Å²) in [4.78, 5) is 0. The monoisotopic (exact) mass is 126 g/mol. The minimum atomic E-state index is 0.161. The first kappa shape index (κ1) is 8.44. The predicted molar refractivity (Wildman–Crippen MR) is 40.3 cm³/mol. The predicted octanol–water partition coefficient (Wildman–Crippen LogP) is 1.89. The normalized spacial score (nSPS) is 8.78. The second kappa shape index (κ2) is 4.33. The van der Waals surface area contributed by atoms with E-state index in [4.69, 9.17) is 5.11 Å².